The van der Waals surface area contributed by atoms with Crippen molar-refractivity contribution in [3.05, 3.63) is 42.5 Å². The van der Waals surface area contributed by atoms with Gasteiger partial charge in [0.2, 0.25) is 5.91 Å². The van der Waals surface area contributed by atoms with Gasteiger partial charge in [-0.1, -0.05) is 18.7 Å². The zero-order chi connectivity index (χ0) is 14.0. The molecule has 0 aromatic heterocycles. The van der Waals surface area contributed by atoms with Gasteiger partial charge in [0.15, 0.2) is 5.34 Å². The van der Waals surface area contributed by atoms with Gasteiger partial charge in [0.05, 0.1) is 0 Å². The van der Waals surface area contributed by atoms with E-state index in [0.29, 0.717) is 5.69 Å². The second kappa shape index (κ2) is 5.04. The third-order valence-electron chi connectivity index (χ3n) is 2.43. The fourth-order valence-corrected chi connectivity index (χ4v) is 1.73. The van der Waals surface area contributed by atoms with Crippen LogP contribution in [0.3, 0.4) is 0 Å². The highest BCUT2D eigenvalue weighted by Crippen LogP contribution is 2.54. The molecule has 18 heavy (non-hydrogen) atoms. The third-order valence-corrected chi connectivity index (χ3v) is 3.82. The van der Waals surface area contributed by atoms with Crippen LogP contribution in [0, 0.1) is 0 Å². The second-order valence-corrected chi connectivity index (χ2v) is 5.80. The Bertz CT molecular complexity index is 520. The summed E-state index contributed by atoms with van der Waals surface area (Å²) in [6.07, 6.45) is 1.06. The number of aliphatic hydroxyl groups is 1. The molecule has 0 saturated heterocycles. The van der Waals surface area contributed by atoms with E-state index in [1.165, 1.54) is 24.3 Å². The lowest BCUT2D eigenvalue weighted by atomic mass is 10.1. The molecule has 1 atom stereocenters. The molecule has 0 saturated carbocycles. The maximum absolute atomic E-state index is 11.2. The first-order chi connectivity index (χ1) is 8.18. The van der Waals surface area contributed by atoms with E-state index in [1.54, 1.807) is 0 Å². The Hall–Kier alpha value is -1.46. The number of hydrogen-bond acceptors (Lipinski definition) is 3. The molecule has 1 rings (SSSR count). The van der Waals surface area contributed by atoms with Crippen LogP contribution in [0.2, 0.25) is 0 Å². The molecule has 0 fully saturated rings. The first-order valence-corrected chi connectivity index (χ1v) is 6.61. The molecule has 6 nitrogen and oxygen atoms in total. The molecular formula is C11H14NO5P. The van der Waals surface area contributed by atoms with Gasteiger partial charge >= 0.3 is 7.60 Å². The molecule has 0 radical (unpaired) electrons. The number of nitrogens with one attached hydrogen (secondary N) is 1. The monoisotopic (exact) mass is 271 g/mol. The summed E-state index contributed by atoms with van der Waals surface area (Å²) in [4.78, 5) is 29.2. The topological polar surface area (TPSA) is 107 Å². The van der Waals surface area contributed by atoms with E-state index in [4.69, 9.17) is 9.79 Å². The number of amides is 1. The number of rotatable bonds is 4. The summed E-state index contributed by atoms with van der Waals surface area (Å²) < 4.78 is 11.2. The summed E-state index contributed by atoms with van der Waals surface area (Å²) >= 11 is 0. The maximum atomic E-state index is 11.2. The highest BCUT2D eigenvalue weighted by molar-refractivity contribution is 7.52. The number of benzene rings is 1. The molecule has 0 heterocycles. The standard InChI is InChI=1S/C11H14NO5P/c1-3-10(13)12-9-6-4-5-8(7-9)11(2,14)18(15,16)17/h3-7,14H,1H2,2H3,(H,12,13)(H2,15,16,17). The summed E-state index contributed by atoms with van der Waals surface area (Å²) in [5, 5.41) is 9.97. The van der Waals surface area contributed by atoms with Crippen LogP contribution in [0.1, 0.15) is 12.5 Å². The molecule has 1 amide bonds. The summed E-state index contributed by atoms with van der Waals surface area (Å²) in [5.74, 6) is -0.456. The molecule has 0 spiro atoms. The summed E-state index contributed by atoms with van der Waals surface area (Å²) in [6, 6.07) is 5.65. The molecule has 1 aromatic carbocycles. The van der Waals surface area contributed by atoms with Crippen LogP contribution < -0.4 is 5.32 Å². The SMILES string of the molecule is C=CC(=O)Nc1cccc(C(C)(O)P(=O)(O)O)c1. The van der Waals surface area contributed by atoms with Gasteiger partial charge in [-0.25, -0.2) is 0 Å². The lowest BCUT2D eigenvalue weighted by Crippen LogP contribution is -2.21. The second-order valence-electron chi connectivity index (χ2n) is 3.84. The predicted octanol–water partition coefficient (Wildman–Crippen LogP) is 1.15. The minimum absolute atomic E-state index is 0.0118. The normalized spacial score (nSPS) is 14.7. The van der Waals surface area contributed by atoms with Crippen molar-refractivity contribution in [3.8, 4) is 0 Å². The van der Waals surface area contributed by atoms with Gasteiger partial charge in [-0.15, -0.1) is 0 Å². The Morgan fingerprint density at radius 2 is 2.11 bits per heavy atom. The average molecular weight is 271 g/mol. The molecule has 1 unspecified atom stereocenters. The van der Waals surface area contributed by atoms with Crippen LogP contribution in [0.25, 0.3) is 0 Å². The van der Waals surface area contributed by atoms with Crippen molar-refractivity contribution >= 4 is 19.2 Å². The van der Waals surface area contributed by atoms with Crippen LogP contribution in [-0.2, 0) is 14.7 Å². The van der Waals surface area contributed by atoms with Crippen molar-refractivity contribution in [2.75, 3.05) is 5.32 Å². The van der Waals surface area contributed by atoms with Crippen molar-refractivity contribution in [1.29, 1.82) is 0 Å². The van der Waals surface area contributed by atoms with Crippen molar-refractivity contribution in [2.24, 2.45) is 0 Å². The Morgan fingerprint density at radius 1 is 1.50 bits per heavy atom. The number of carbonyl (C=O) groups excluding carboxylic acids is 1. The lowest BCUT2D eigenvalue weighted by Gasteiger charge is -2.25. The molecule has 0 bridgehead atoms. The Morgan fingerprint density at radius 3 is 2.61 bits per heavy atom. The molecule has 0 aliphatic rings. The van der Waals surface area contributed by atoms with Gasteiger partial charge in [0.1, 0.15) is 0 Å². The summed E-state index contributed by atoms with van der Waals surface area (Å²) in [6.45, 7) is 4.30. The highest BCUT2D eigenvalue weighted by Gasteiger charge is 2.42. The Labute approximate surface area is 104 Å². The smallest absolute Gasteiger partial charge is 0.361 e. The van der Waals surface area contributed by atoms with Gasteiger partial charge in [-0.05, 0) is 30.7 Å². The Balaban J connectivity index is 3.13. The minimum atomic E-state index is -4.73. The summed E-state index contributed by atoms with van der Waals surface area (Å²) in [5.41, 5.74) is 0.323. The fourth-order valence-electron chi connectivity index (χ4n) is 1.25. The zero-order valence-corrected chi connectivity index (χ0v) is 10.6. The van der Waals surface area contributed by atoms with E-state index >= 15 is 0 Å². The zero-order valence-electron chi connectivity index (χ0n) is 9.70. The molecule has 7 heteroatoms. The molecule has 0 aliphatic heterocycles. The van der Waals surface area contributed by atoms with Gasteiger partial charge < -0.3 is 20.2 Å². The largest absolute Gasteiger partial charge is 0.373 e. The summed E-state index contributed by atoms with van der Waals surface area (Å²) in [7, 11) is -4.73. The lowest BCUT2D eigenvalue weighted by molar-refractivity contribution is -0.111. The van der Waals surface area contributed by atoms with Gasteiger partial charge in [0, 0.05) is 5.69 Å². The van der Waals surface area contributed by atoms with Crippen molar-refractivity contribution in [1.82, 2.24) is 0 Å². The van der Waals surface area contributed by atoms with Crippen LogP contribution in [-0.4, -0.2) is 20.8 Å². The van der Waals surface area contributed by atoms with Gasteiger partial charge in [-0.3, -0.25) is 9.36 Å². The number of hydrogen-bond donors (Lipinski definition) is 4. The van der Waals surface area contributed by atoms with Crippen LogP contribution in [0.5, 0.6) is 0 Å². The van der Waals surface area contributed by atoms with E-state index < -0.39 is 18.8 Å². The van der Waals surface area contributed by atoms with E-state index in [-0.39, 0.29) is 5.56 Å². The molecule has 4 N–H and O–H groups in total. The quantitative estimate of drug-likeness (QED) is 0.485. The van der Waals surface area contributed by atoms with E-state index in [9.17, 15) is 14.5 Å². The van der Waals surface area contributed by atoms with Crippen LogP contribution in [0.4, 0.5) is 5.69 Å². The highest BCUT2D eigenvalue weighted by atomic mass is 31.2. The van der Waals surface area contributed by atoms with Crippen LogP contribution in [0.15, 0.2) is 36.9 Å². The van der Waals surface area contributed by atoms with Crippen molar-refractivity contribution < 1.29 is 24.3 Å². The first-order valence-electron chi connectivity index (χ1n) is 5.00. The minimum Gasteiger partial charge on any atom is -0.373 e. The maximum Gasteiger partial charge on any atom is 0.361 e. The van der Waals surface area contributed by atoms with Crippen LogP contribution >= 0.6 is 7.60 Å². The van der Waals surface area contributed by atoms with Crippen molar-refractivity contribution in [3.63, 3.8) is 0 Å². The molecule has 1 aromatic rings. The predicted molar refractivity (Wildman–Crippen MR) is 66.9 cm³/mol. The van der Waals surface area contributed by atoms with Crippen molar-refractivity contribution in [2.45, 2.75) is 12.3 Å². The van der Waals surface area contributed by atoms with Gasteiger partial charge in [0.25, 0.3) is 0 Å². The third kappa shape index (κ3) is 3.05. The first kappa shape index (κ1) is 14.6. The van der Waals surface area contributed by atoms with E-state index in [1.807, 2.05) is 0 Å². The van der Waals surface area contributed by atoms with Gasteiger partial charge in [-0.2, -0.15) is 0 Å². The van der Waals surface area contributed by atoms with E-state index in [0.717, 1.165) is 13.0 Å². The fraction of sp³-hybridized carbons (Fsp3) is 0.182. The molecule has 0 aliphatic carbocycles. The Kier molecular flexibility index (Phi) is 4.09. The average Bonchev–Trinajstić information content (AvgIpc) is 2.27. The number of anilines is 1. The molecule has 98 valence electrons. The van der Waals surface area contributed by atoms with E-state index in [2.05, 4.69) is 11.9 Å². The number of carbonyl (C=O) groups is 1. The molecular weight excluding hydrogens is 257 g/mol.